The van der Waals surface area contributed by atoms with Gasteiger partial charge in [0, 0.05) is 24.7 Å². The van der Waals surface area contributed by atoms with E-state index in [1.807, 2.05) is 6.92 Å². The maximum atomic E-state index is 12.9. The summed E-state index contributed by atoms with van der Waals surface area (Å²) in [5.74, 6) is 0.477. The maximum Gasteiger partial charge on any atom is 0.273 e. The molecule has 8 heteroatoms. The summed E-state index contributed by atoms with van der Waals surface area (Å²) < 4.78 is 27.3. The van der Waals surface area contributed by atoms with E-state index < -0.39 is 14.9 Å². The van der Waals surface area contributed by atoms with Gasteiger partial charge in [0.15, 0.2) is 0 Å². The van der Waals surface area contributed by atoms with E-state index in [9.17, 15) is 18.5 Å². The fourth-order valence-electron chi connectivity index (χ4n) is 3.14. The molecule has 1 N–H and O–H groups in total. The van der Waals surface area contributed by atoms with Gasteiger partial charge in [-0.3, -0.25) is 10.1 Å². The second kappa shape index (κ2) is 7.58. The predicted molar refractivity (Wildman–Crippen MR) is 92.6 cm³/mol. The van der Waals surface area contributed by atoms with Crippen molar-refractivity contribution in [3.63, 3.8) is 0 Å². The van der Waals surface area contributed by atoms with E-state index in [4.69, 9.17) is 0 Å². The first-order chi connectivity index (χ1) is 11.3. The first-order valence-corrected chi connectivity index (χ1v) is 9.67. The Morgan fingerprint density at radius 1 is 1.25 bits per heavy atom. The van der Waals surface area contributed by atoms with Crippen molar-refractivity contribution in [3.05, 3.63) is 33.4 Å². The van der Waals surface area contributed by atoms with Gasteiger partial charge in [0.05, 0.1) is 9.82 Å². The van der Waals surface area contributed by atoms with Crippen molar-refractivity contribution in [2.75, 3.05) is 26.2 Å². The molecule has 134 valence electrons. The minimum atomic E-state index is -3.70. The van der Waals surface area contributed by atoms with Crippen LogP contribution in [-0.4, -0.2) is 43.8 Å². The van der Waals surface area contributed by atoms with Crippen LogP contribution in [0.5, 0.6) is 0 Å². The van der Waals surface area contributed by atoms with Crippen molar-refractivity contribution in [2.24, 2.45) is 5.92 Å². The van der Waals surface area contributed by atoms with E-state index in [1.165, 1.54) is 10.4 Å². The minimum absolute atomic E-state index is 0.0462. The lowest BCUT2D eigenvalue weighted by Gasteiger charge is -2.31. The fourth-order valence-corrected chi connectivity index (χ4v) is 4.83. The summed E-state index contributed by atoms with van der Waals surface area (Å²) in [4.78, 5) is 10.6. The van der Waals surface area contributed by atoms with Crippen molar-refractivity contribution < 1.29 is 13.3 Å². The third-order valence-electron chi connectivity index (χ3n) is 4.56. The van der Waals surface area contributed by atoms with Gasteiger partial charge in [-0.2, -0.15) is 4.31 Å². The lowest BCUT2D eigenvalue weighted by Crippen LogP contribution is -2.40. The van der Waals surface area contributed by atoms with E-state index in [2.05, 4.69) is 5.32 Å². The summed E-state index contributed by atoms with van der Waals surface area (Å²) in [6.07, 6.45) is 1.61. The van der Waals surface area contributed by atoms with E-state index >= 15 is 0 Å². The summed E-state index contributed by atoms with van der Waals surface area (Å²) in [7, 11) is -3.70. The Bertz CT molecular complexity index is 710. The molecular weight excluding hydrogens is 330 g/mol. The molecule has 0 unspecified atom stereocenters. The number of piperidine rings is 1. The molecule has 0 spiro atoms. The number of nitro groups is 1. The van der Waals surface area contributed by atoms with Crippen molar-refractivity contribution in [2.45, 2.75) is 38.5 Å². The second-order valence-corrected chi connectivity index (χ2v) is 8.22. The summed E-state index contributed by atoms with van der Waals surface area (Å²) in [5, 5.41) is 14.4. The average Bonchev–Trinajstić information content (AvgIpc) is 2.52. The van der Waals surface area contributed by atoms with Gasteiger partial charge in [-0.25, -0.2) is 8.42 Å². The Morgan fingerprint density at radius 3 is 2.42 bits per heavy atom. The Hall–Kier alpha value is -1.51. The quantitative estimate of drug-likeness (QED) is 0.624. The highest BCUT2D eigenvalue weighted by Crippen LogP contribution is 2.30. The molecule has 1 aliphatic rings. The molecule has 7 nitrogen and oxygen atoms in total. The number of sulfonamides is 1. The first-order valence-electron chi connectivity index (χ1n) is 8.23. The smallest absolute Gasteiger partial charge is 0.273 e. The summed E-state index contributed by atoms with van der Waals surface area (Å²) in [6, 6.07) is 2.77. The predicted octanol–water partition coefficient (Wildman–Crippen LogP) is 2.22. The van der Waals surface area contributed by atoms with E-state index in [0.29, 0.717) is 30.1 Å². The Labute approximate surface area is 143 Å². The zero-order valence-corrected chi connectivity index (χ0v) is 15.2. The molecule has 1 aromatic carbocycles. The largest absolute Gasteiger partial charge is 0.317 e. The summed E-state index contributed by atoms with van der Waals surface area (Å²) >= 11 is 0. The molecule has 0 radical (unpaired) electrons. The number of hydrogen-bond acceptors (Lipinski definition) is 5. The number of nitrogens with zero attached hydrogens (tertiary/aromatic N) is 2. The molecule has 1 aromatic rings. The van der Waals surface area contributed by atoms with Gasteiger partial charge in [-0.15, -0.1) is 0 Å². The zero-order valence-electron chi connectivity index (χ0n) is 14.4. The Balaban J connectivity index is 2.23. The van der Waals surface area contributed by atoms with Crippen LogP contribution in [0.4, 0.5) is 5.69 Å². The van der Waals surface area contributed by atoms with Gasteiger partial charge >= 0.3 is 0 Å². The van der Waals surface area contributed by atoms with Gasteiger partial charge in [-0.1, -0.05) is 6.92 Å². The highest BCUT2D eigenvalue weighted by atomic mass is 32.2. The van der Waals surface area contributed by atoms with Gasteiger partial charge in [0.2, 0.25) is 10.0 Å². The molecule has 0 saturated carbocycles. The highest BCUT2D eigenvalue weighted by Gasteiger charge is 2.31. The number of benzene rings is 1. The Morgan fingerprint density at radius 2 is 1.88 bits per heavy atom. The van der Waals surface area contributed by atoms with Gasteiger partial charge < -0.3 is 5.32 Å². The minimum Gasteiger partial charge on any atom is -0.317 e. The molecule has 0 aliphatic carbocycles. The third kappa shape index (κ3) is 3.93. The molecule has 2 rings (SSSR count). The molecule has 1 fully saturated rings. The third-order valence-corrected chi connectivity index (χ3v) is 6.61. The SMILES string of the molecule is CCNCC1CCN(S(=O)(=O)c2cc([N+](=O)[O-])c(C)cc2C)CC1. The zero-order chi connectivity index (χ0) is 17.9. The van der Waals surface area contributed by atoms with Crippen LogP contribution < -0.4 is 5.32 Å². The van der Waals surface area contributed by atoms with Gasteiger partial charge in [-0.05, 0) is 57.3 Å². The van der Waals surface area contributed by atoms with E-state index in [0.717, 1.165) is 25.9 Å². The molecule has 1 heterocycles. The number of aryl methyl sites for hydroxylation is 2. The number of nitrogens with one attached hydrogen (secondary N) is 1. The summed E-state index contributed by atoms with van der Waals surface area (Å²) in [5.41, 5.74) is 0.870. The standard InChI is InChI=1S/C16H25N3O4S/c1-4-17-11-14-5-7-18(8-6-14)24(22,23)16-10-15(19(20)21)12(2)9-13(16)3/h9-10,14,17H,4-8,11H2,1-3H3. The van der Waals surface area contributed by atoms with Crippen molar-refractivity contribution >= 4 is 15.7 Å². The Kier molecular flexibility index (Phi) is 5.95. The number of rotatable bonds is 6. The van der Waals surface area contributed by atoms with Crippen LogP contribution in [0.2, 0.25) is 0 Å². The average molecular weight is 355 g/mol. The lowest BCUT2D eigenvalue weighted by molar-refractivity contribution is -0.385. The second-order valence-electron chi connectivity index (χ2n) is 6.32. The lowest BCUT2D eigenvalue weighted by atomic mass is 9.98. The number of hydrogen-bond donors (Lipinski definition) is 1. The van der Waals surface area contributed by atoms with Crippen LogP contribution in [0.25, 0.3) is 0 Å². The van der Waals surface area contributed by atoms with Crippen molar-refractivity contribution in [1.29, 1.82) is 0 Å². The van der Waals surface area contributed by atoms with Crippen molar-refractivity contribution in [3.8, 4) is 0 Å². The van der Waals surface area contributed by atoms with Gasteiger partial charge in [0.1, 0.15) is 0 Å². The van der Waals surface area contributed by atoms with E-state index in [1.54, 1.807) is 19.9 Å². The van der Waals surface area contributed by atoms with Crippen LogP contribution in [0.1, 0.15) is 30.9 Å². The fraction of sp³-hybridized carbons (Fsp3) is 0.625. The van der Waals surface area contributed by atoms with E-state index in [-0.39, 0.29) is 10.6 Å². The topological polar surface area (TPSA) is 92.6 Å². The normalized spacial score (nSPS) is 17.1. The van der Waals surface area contributed by atoms with Crippen LogP contribution in [0, 0.1) is 29.9 Å². The number of nitro benzene ring substituents is 1. The van der Waals surface area contributed by atoms with Crippen molar-refractivity contribution in [1.82, 2.24) is 9.62 Å². The molecule has 0 bridgehead atoms. The van der Waals surface area contributed by atoms with Crippen LogP contribution in [-0.2, 0) is 10.0 Å². The van der Waals surface area contributed by atoms with Crippen LogP contribution in [0.15, 0.2) is 17.0 Å². The monoisotopic (exact) mass is 355 g/mol. The van der Waals surface area contributed by atoms with Crippen LogP contribution in [0.3, 0.4) is 0 Å². The molecule has 0 atom stereocenters. The molecule has 24 heavy (non-hydrogen) atoms. The van der Waals surface area contributed by atoms with Gasteiger partial charge in [0.25, 0.3) is 5.69 Å². The molecule has 0 aromatic heterocycles. The molecule has 1 aliphatic heterocycles. The molecular formula is C16H25N3O4S. The summed E-state index contributed by atoms with van der Waals surface area (Å²) in [6.45, 7) is 8.07. The maximum absolute atomic E-state index is 12.9. The molecule has 1 saturated heterocycles. The van der Waals surface area contributed by atoms with Crippen LogP contribution >= 0.6 is 0 Å². The molecule has 0 amide bonds. The highest BCUT2D eigenvalue weighted by molar-refractivity contribution is 7.89. The first kappa shape index (κ1) is 18.8.